The number of anilines is 1. The summed E-state index contributed by atoms with van der Waals surface area (Å²) in [5, 5.41) is 12.1. The van der Waals surface area contributed by atoms with Gasteiger partial charge >= 0.3 is 5.97 Å². The number of hydrogen-bond acceptors (Lipinski definition) is 3. The Hall–Kier alpha value is -2.49. The molecule has 23 heavy (non-hydrogen) atoms. The third-order valence-corrected chi connectivity index (χ3v) is 3.42. The highest BCUT2D eigenvalue weighted by molar-refractivity contribution is 5.67. The van der Waals surface area contributed by atoms with Gasteiger partial charge in [-0.3, -0.25) is 4.79 Å². The normalized spacial score (nSPS) is 10.3. The van der Waals surface area contributed by atoms with Crippen molar-refractivity contribution in [3.05, 3.63) is 59.7 Å². The second kappa shape index (κ2) is 8.83. The van der Waals surface area contributed by atoms with E-state index in [0.717, 1.165) is 35.6 Å². The molecule has 2 aromatic carbocycles. The van der Waals surface area contributed by atoms with Crippen LogP contribution in [0.15, 0.2) is 48.5 Å². The first-order chi connectivity index (χ1) is 11.2. The molecule has 0 aliphatic heterocycles. The number of nitrogens with one attached hydrogen (secondary N) is 1. The van der Waals surface area contributed by atoms with Crippen LogP contribution >= 0.6 is 0 Å². The maximum absolute atomic E-state index is 10.6. The van der Waals surface area contributed by atoms with Gasteiger partial charge in [0.2, 0.25) is 0 Å². The van der Waals surface area contributed by atoms with E-state index in [1.807, 2.05) is 42.5 Å². The summed E-state index contributed by atoms with van der Waals surface area (Å²) < 4.78 is 5.64. The third kappa shape index (κ3) is 6.02. The molecule has 0 bridgehead atoms. The number of hydrogen-bond donors (Lipinski definition) is 2. The summed E-state index contributed by atoms with van der Waals surface area (Å²) in [6.07, 6.45) is 1.69. The van der Waals surface area contributed by atoms with Crippen LogP contribution in [0.25, 0.3) is 0 Å². The Kier molecular flexibility index (Phi) is 6.48. The molecule has 0 aliphatic carbocycles. The van der Waals surface area contributed by atoms with E-state index in [-0.39, 0.29) is 6.42 Å². The smallest absolute Gasteiger partial charge is 0.303 e. The maximum atomic E-state index is 10.6. The minimum atomic E-state index is -0.771. The van der Waals surface area contributed by atoms with Gasteiger partial charge in [0.05, 0.1) is 6.61 Å². The molecule has 0 atom stereocenters. The topological polar surface area (TPSA) is 58.6 Å². The van der Waals surface area contributed by atoms with Crippen molar-refractivity contribution in [1.29, 1.82) is 0 Å². The fourth-order valence-electron chi connectivity index (χ4n) is 2.26. The van der Waals surface area contributed by atoms with E-state index < -0.39 is 5.97 Å². The Morgan fingerprint density at radius 3 is 2.70 bits per heavy atom. The first kappa shape index (κ1) is 16.9. The zero-order valence-electron chi connectivity index (χ0n) is 13.4. The molecule has 0 unspecified atom stereocenters. The van der Waals surface area contributed by atoms with Crippen LogP contribution in [0.2, 0.25) is 0 Å². The van der Waals surface area contributed by atoms with E-state index >= 15 is 0 Å². The lowest BCUT2D eigenvalue weighted by atomic mass is 10.1. The van der Waals surface area contributed by atoms with Gasteiger partial charge < -0.3 is 15.2 Å². The zero-order chi connectivity index (χ0) is 16.5. The van der Waals surface area contributed by atoms with Crippen molar-refractivity contribution in [1.82, 2.24) is 0 Å². The molecule has 0 saturated carbocycles. The van der Waals surface area contributed by atoms with E-state index in [9.17, 15) is 4.79 Å². The zero-order valence-corrected chi connectivity index (χ0v) is 13.4. The highest BCUT2D eigenvalue weighted by atomic mass is 16.5. The lowest BCUT2D eigenvalue weighted by molar-refractivity contribution is -0.136. The van der Waals surface area contributed by atoms with Gasteiger partial charge in [0.1, 0.15) is 5.75 Å². The largest absolute Gasteiger partial charge is 0.494 e. The van der Waals surface area contributed by atoms with Gasteiger partial charge in [-0.15, -0.1) is 0 Å². The molecular formula is C19H23NO3. The van der Waals surface area contributed by atoms with Crippen LogP contribution in [-0.2, 0) is 17.8 Å². The number of ether oxygens (including phenoxy) is 1. The molecule has 0 radical (unpaired) electrons. The average Bonchev–Trinajstić information content (AvgIpc) is 2.57. The molecular weight excluding hydrogens is 290 g/mol. The van der Waals surface area contributed by atoms with Crippen LogP contribution in [0, 0.1) is 0 Å². The molecule has 122 valence electrons. The average molecular weight is 313 g/mol. The van der Waals surface area contributed by atoms with Gasteiger partial charge in [0.15, 0.2) is 0 Å². The summed E-state index contributed by atoms with van der Waals surface area (Å²) in [6.45, 7) is 3.51. The molecule has 2 aromatic rings. The van der Waals surface area contributed by atoms with E-state index in [1.54, 1.807) is 0 Å². The molecule has 2 rings (SSSR count). The van der Waals surface area contributed by atoms with E-state index in [2.05, 4.69) is 18.3 Å². The molecule has 0 heterocycles. The Morgan fingerprint density at radius 2 is 1.91 bits per heavy atom. The van der Waals surface area contributed by atoms with Gasteiger partial charge in [-0.1, -0.05) is 31.2 Å². The Morgan fingerprint density at radius 1 is 1.13 bits per heavy atom. The van der Waals surface area contributed by atoms with Crippen LogP contribution < -0.4 is 10.1 Å². The molecule has 0 saturated heterocycles. The Balaban J connectivity index is 1.92. The molecule has 0 amide bonds. The fraction of sp³-hybridized carbons (Fsp3) is 0.316. The van der Waals surface area contributed by atoms with Gasteiger partial charge in [-0.25, -0.2) is 0 Å². The fourth-order valence-corrected chi connectivity index (χ4v) is 2.26. The van der Waals surface area contributed by atoms with Crippen LogP contribution in [0.3, 0.4) is 0 Å². The number of aliphatic carboxylic acids is 1. The van der Waals surface area contributed by atoms with Crippen LogP contribution in [0.5, 0.6) is 5.75 Å². The molecule has 0 spiro atoms. The van der Waals surface area contributed by atoms with Crippen molar-refractivity contribution in [2.75, 3.05) is 11.9 Å². The summed E-state index contributed by atoms with van der Waals surface area (Å²) in [5.41, 5.74) is 3.17. The summed E-state index contributed by atoms with van der Waals surface area (Å²) in [7, 11) is 0. The van der Waals surface area contributed by atoms with Crippen molar-refractivity contribution >= 4 is 11.7 Å². The van der Waals surface area contributed by atoms with Crippen molar-refractivity contribution in [3.63, 3.8) is 0 Å². The van der Waals surface area contributed by atoms with Crippen molar-refractivity contribution in [2.24, 2.45) is 0 Å². The first-order valence-electron chi connectivity index (χ1n) is 7.93. The molecule has 0 aromatic heterocycles. The molecule has 4 heteroatoms. The minimum Gasteiger partial charge on any atom is -0.494 e. The number of rotatable bonds is 9. The Labute approximate surface area is 137 Å². The molecule has 0 aliphatic rings. The summed E-state index contributed by atoms with van der Waals surface area (Å²) in [4.78, 5) is 10.6. The van der Waals surface area contributed by atoms with Crippen LogP contribution in [-0.4, -0.2) is 17.7 Å². The lowest BCUT2D eigenvalue weighted by Gasteiger charge is -2.10. The van der Waals surface area contributed by atoms with E-state index in [0.29, 0.717) is 13.0 Å². The predicted molar refractivity (Wildman–Crippen MR) is 92.0 cm³/mol. The van der Waals surface area contributed by atoms with Gasteiger partial charge in [0.25, 0.3) is 0 Å². The summed E-state index contributed by atoms with van der Waals surface area (Å²) >= 11 is 0. The van der Waals surface area contributed by atoms with E-state index in [4.69, 9.17) is 9.84 Å². The highest BCUT2D eigenvalue weighted by Crippen LogP contribution is 2.17. The number of carbonyl (C=O) groups is 1. The monoisotopic (exact) mass is 313 g/mol. The standard InChI is InChI=1S/C19H23NO3/c1-2-11-23-18-8-4-6-16(13-18)14-20-17-7-3-5-15(12-17)9-10-19(21)22/h3-8,12-13,20H,2,9-11,14H2,1H3,(H,21,22). The van der Waals surface area contributed by atoms with Gasteiger partial charge in [0, 0.05) is 18.7 Å². The second-order valence-corrected chi connectivity index (χ2v) is 5.44. The second-order valence-electron chi connectivity index (χ2n) is 5.44. The molecule has 4 nitrogen and oxygen atoms in total. The summed E-state index contributed by atoms with van der Waals surface area (Å²) in [6, 6.07) is 15.9. The third-order valence-electron chi connectivity index (χ3n) is 3.42. The van der Waals surface area contributed by atoms with Crippen LogP contribution in [0.4, 0.5) is 5.69 Å². The number of carboxylic acid groups (broad SMARTS) is 1. The van der Waals surface area contributed by atoms with Crippen molar-refractivity contribution in [2.45, 2.75) is 32.7 Å². The quantitative estimate of drug-likeness (QED) is 0.731. The molecule has 2 N–H and O–H groups in total. The first-order valence-corrected chi connectivity index (χ1v) is 7.93. The van der Waals surface area contributed by atoms with Gasteiger partial charge in [-0.05, 0) is 48.2 Å². The molecule has 0 fully saturated rings. The SMILES string of the molecule is CCCOc1cccc(CNc2cccc(CCC(=O)O)c2)c1. The number of benzene rings is 2. The predicted octanol–water partition coefficient (Wildman–Crippen LogP) is 4.10. The summed E-state index contributed by atoms with van der Waals surface area (Å²) in [5.74, 6) is 0.119. The van der Waals surface area contributed by atoms with Crippen molar-refractivity contribution in [3.8, 4) is 5.75 Å². The van der Waals surface area contributed by atoms with Crippen molar-refractivity contribution < 1.29 is 14.6 Å². The van der Waals surface area contributed by atoms with Gasteiger partial charge in [-0.2, -0.15) is 0 Å². The van der Waals surface area contributed by atoms with Crippen LogP contribution in [0.1, 0.15) is 30.9 Å². The number of carboxylic acids is 1. The Bertz CT molecular complexity index is 640. The highest BCUT2D eigenvalue weighted by Gasteiger charge is 2.01. The lowest BCUT2D eigenvalue weighted by Crippen LogP contribution is -2.02. The number of aryl methyl sites for hydroxylation is 1. The minimum absolute atomic E-state index is 0.153. The van der Waals surface area contributed by atoms with E-state index in [1.165, 1.54) is 0 Å². The maximum Gasteiger partial charge on any atom is 0.303 e.